The van der Waals surface area contributed by atoms with Gasteiger partial charge in [0, 0.05) is 0 Å². The number of fused-ring (bicyclic) bond motifs is 1. The van der Waals surface area contributed by atoms with Gasteiger partial charge in [-0.2, -0.15) is 0 Å². The summed E-state index contributed by atoms with van der Waals surface area (Å²) in [6, 6.07) is 15.4. The first-order chi connectivity index (χ1) is 12.1. The molecule has 0 radical (unpaired) electrons. The van der Waals surface area contributed by atoms with Crippen molar-refractivity contribution in [2.24, 2.45) is 0 Å². The largest absolute Gasteiger partial charge is 0.368 e. The summed E-state index contributed by atoms with van der Waals surface area (Å²) < 4.78 is 6.22. The standard InChI is InChI=1S/C21H21NO3/c1-14-9-11-15(12-10-14)19-8-4-5-16(25-19)13-22-20(23)17-6-2-3-7-18(17)21(22)24/h2-3,6-7,9-12,16,19H,4-5,8,13H2,1H3. The predicted octanol–water partition coefficient (Wildman–Crippen LogP) is 3.90. The molecule has 2 aromatic rings. The number of benzene rings is 2. The summed E-state index contributed by atoms with van der Waals surface area (Å²) in [4.78, 5) is 26.4. The Kier molecular flexibility index (Phi) is 4.14. The summed E-state index contributed by atoms with van der Waals surface area (Å²) in [5.41, 5.74) is 3.39. The first-order valence-electron chi connectivity index (χ1n) is 8.81. The molecule has 2 aliphatic heterocycles. The number of nitrogens with zero attached hydrogens (tertiary/aromatic N) is 1. The lowest BCUT2D eigenvalue weighted by Gasteiger charge is -2.32. The molecule has 0 spiro atoms. The fraction of sp³-hybridized carbons (Fsp3) is 0.333. The summed E-state index contributed by atoms with van der Waals surface area (Å²) in [7, 11) is 0. The molecule has 2 aromatic carbocycles. The van der Waals surface area contributed by atoms with Crippen LogP contribution in [-0.4, -0.2) is 29.4 Å². The minimum absolute atomic E-state index is 0.0366. The average Bonchev–Trinajstić information content (AvgIpc) is 2.88. The van der Waals surface area contributed by atoms with Gasteiger partial charge in [-0.3, -0.25) is 14.5 Å². The van der Waals surface area contributed by atoms with Crippen LogP contribution in [0.4, 0.5) is 0 Å². The van der Waals surface area contributed by atoms with E-state index in [2.05, 4.69) is 31.2 Å². The van der Waals surface area contributed by atoms with Crippen molar-refractivity contribution in [3.63, 3.8) is 0 Å². The zero-order valence-corrected chi connectivity index (χ0v) is 14.3. The van der Waals surface area contributed by atoms with Crippen molar-refractivity contribution in [2.45, 2.75) is 38.4 Å². The Morgan fingerprint density at radius 2 is 1.60 bits per heavy atom. The zero-order chi connectivity index (χ0) is 17.4. The van der Waals surface area contributed by atoms with Crippen LogP contribution < -0.4 is 0 Å². The third kappa shape index (κ3) is 2.98. The Bertz CT molecular complexity index is 777. The van der Waals surface area contributed by atoms with Gasteiger partial charge in [0.25, 0.3) is 11.8 Å². The van der Waals surface area contributed by atoms with Gasteiger partial charge in [-0.15, -0.1) is 0 Å². The van der Waals surface area contributed by atoms with Crippen molar-refractivity contribution in [3.05, 3.63) is 70.8 Å². The smallest absolute Gasteiger partial charge is 0.261 e. The molecule has 0 bridgehead atoms. The van der Waals surface area contributed by atoms with E-state index in [0.717, 1.165) is 24.8 Å². The lowest BCUT2D eigenvalue weighted by molar-refractivity contribution is -0.0587. The van der Waals surface area contributed by atoms with Gasteiger partial charge in [0.2, 0.25) is 0 Å². The molecule has 4 rings (SSSR count). The van der Waals surface area contributed by atoms with E-state index < -0.39 is 0 Å². The Balaban J connectivity index is 1.47. The first-order valence-corrected chi connectivity index (χ1v) is 8.81. The van der Waals surface area contributed by atoms with Gasteiger partial charge in [-0.25, -0.2) is 0 Å². The topological polar surface area (TPSA) is 46.6 Å². The van der Waals surface area contributed by atoms with E-state index in [-0.39, 0.29) is 24.0 Å². The predicted molar refractivity (Wildman–Crippen MR) is 94.5 cm³/mol. The highest BCUT2D eigenvalue weighted by atomic mass is 16.5. The first kappa shape index (κ1) is 16.0. The van der Waals surface area contributed by atoms with Gasteiger partial charge in [0.05, 0.1) is 29.9 Å². The molecular formula is C21H21NO3. The number of imide groups is 1. The van der Waals surface area contributed by atoms with Gasteiger partial charge in [0.15, 0.2) is 0 Å². The number of carbonyl (C=O) groups is 2. The Morgan fingerprint density at radius 1 is 0.960 bits per heavy atom. The SMILES string of the molecule is Cc1ccc(C2CCCC(CN3C(=O)c4ccccc4C3=O)O2)cc1. The number of rotatable bonds is 3. The Hall–Kier alpha value is -2.46. The van der Waals surface area contributed by atoms with E-state index in [0.29, 0.717) is 17.7 Å². The summed E-state index contributed by atoms with van der Waals surface area (Å²) in [6.45, 7) is 2.39. The number of amides is 2. The Morgan fingerprint density at radius 3 is 2.24 bits per heavy atom. The highest BCUT2D eigenvalue weighted by Gasteiger charge is 2.37. The third-order valence-corrected chi connectivity index (χ3v) is 5.06. The molecular weight excluding hydrogens is 314 g/mol. The highest BCUT2D eigenvalue weighted by molar-refractivity contribution is 6.21. The summed E-state index contributed by atoms with van der Waals surface area (Å²) in [6.07, 6.45) is 2.81. The monoisotopic (exact) mass is 335 g/mol. The second-order valence-electron chi connectivity index (χ2n) is 6.85. The number of hydrogen-bond acceptors (Lipinski definition) is 3. The van der Waals surface area contributed by atoms with Crippen LogP contribution in [0.5, 0.6) is 0 Å². The molecule has 1 fully saturated rings. The van der Waals surface area contributed by atoms with Crippen molar-refractivity contribution >= 4 is 11.8 Å². The second kappa shape index (κ2) is 6.45. The van der Waals surface area contributed by atoms with Crippen molar-refractivity contribution in [1.82, 2.24) is 4.90 Å². The van der Waals surface area contributed by atoms with Crippen LogP contribution in [0.3, 0.4) is 0 Å². The molecule has 0 aromatic heterocycles. The number of hydrogen-bond donors (Lipinski definition) is 0. The van der Waals surface area contributed by atoms with Crippen molar-refractivity contribution in [3.8, 4) is 0 Å². The average molecular weight is 335 g/mol. The number of aryl methyl sites for hydroxylation is 1. The molecule has 2 amide bonds. The number of carbonyl (C=O) groups excluding carboxylic acids is 2. The second-order valence-corrected chi connectivity index (χ2v) is 6.85. The highest BCUT2D eigenvalue weighted by Crippen LogP contribution is 2.33. The zero-order valence-electron chi connectivity index (χ0n) is 14.3. The fourth-order valence-corrected chi connectivity index (χ4v) is 3.67. The molecule has 4 nitrogen and oxygen atoms in total. The fourth-order valence-electron chi connectivity index (χ4n) is 3.67. The van der Waals surface area contributed by atoms with E-state index in [1.165, 1.54) is 10.5 Å². The molecule has 2 unspecified atom stereocenters. The maximum atomic E-state index is 12.5. The summed E-state index contributed by atoms with van der Waals surface area (Å²) in [5, 5.41) is 0. The molecule has 0 saturated carbocycles. The van der Waals surface area contributed by atoms with Crippen molar-refractivity contribution in [1.29, 1.82) is 0 Å². The van der Waals surface area contributed by atoms with E-state index in [1.807, 2.05) is 0 Å². The van der Waals surface area contributed by atoms with Gasteiger partial charge in [-0.05, 0) is 43.9 Å². The van der Waals surface area contributed by atoms with Crippen LogP contribution in [0.15, 0.2) is 48.5 Å². The van der Waals surface area contributed by atoms with Crippen LogP contribution in [0.25, 0.3) is 0 Å². The van der Waals surface area contributed by atoms with E-state index in [1.54, 1.807) is 24.3 Å². The van der Waals surface area contributed by atoms with Crippen LogP contribution >= 0.6 is 0 Å². The van der Waals surface area contributed by atoms with Gasteiger partial charge in [-0.1, -0.05) is 42.0 Å². The molecule has 128 valence electrons. The van der Waals surface area contributed by atoms with Crippen LogP contribution in [0.1, 0.15) is 57.2 Å². The van der Waals surface area contributed by atoms with Gasteiger partial charge in [0.1, 0.15) is 0 Å². The molecule has 0 aliphatic carbocycles. The molecule has 2 heterocycles. The molecule has 2 atom stereocenters. The lowest BCUT2D eigenvalue weighted by atomic mass is 9.97. The van der Waals surface area contributed by atoms with Crippen molar-refractivity contribution < 1.29 is 14.3 Å². The van der Waals surface area contributed by atoms with E-state index >= 15 is 0 Å². The van der Waals surface area contributed by atoms with Gasteiger partial charge < -0.3 is 4.74 Å². The van der Waals surface area contributed by atoms with Crippen LogP contribution in [0.2, 0.25) is 0 Å². The molecule has 0 N–H and O–H groups in total. The van der Waals surface area contributed by atoms with Crippen molar-refractivity contribution in [2.75, 3.05) is 6.54 Å². The maximum absolute atomic E-state index is 12.5. The normalized spacial score (nSPS) is 23.0. The number of ether oxygens (including phenoxy) is 1. The van der Waals surface area contributed by atoms with Gasteiger partial charge >= 0.3 is 0 Å². The van der Waals surface area contributed by atoms with E-state index in [4.69, 9.17) is 4.74 Å². The van der Waals surface area contributed by atoms with Crippen LogP contribution in [-0.2, 0) is 4.74 Å². The quantitative estimate of drug-likeness (QED) is 0.799. The lowest BCUT2D eigenvalue weighted by Crippen LogP contribution is -2.39. The summed E-state index contributed by atoms with van der Waals surface area (Å²) >= 11 is 0. The molecule has 4 heteroatoms. The molecule has 2 aliphatic rings. The summed E-state index contributed by atoms with van der Waals surface area (Å²) in [5.74, 6) is -0.414. The van der Waals surface area contributed by atoms with E-state index in [9.17, 15) is 9.59 Å². The van der Waals surface area contributed by atoms with Crippen LogP contribution in [0, 0.1) is 6.92 Å². The molecule has 1 saturated heterocycles. The Labute approximate surface area is 147 Å². The molecule has 25 heavy (non-hydrogen) atoms. The third-order valence-electron chi connectivity index (χ3n) is 5.06. The minimum Gasteiger partial charge on any atom is -0.368 e. The minimum atomic E-state index is -0.207. The maximum Gasteiger partial charge on any atom is 0.261 e.